The first-order valence-electron chi connectivity index (χ1n) is 5.68. The van der Waals surface area contributed by atoms with E-state index in [0.29, 0.717) is 0 Å². The largest absolute Gasteiger partial charge is 0.298 e. The molecule has 76 valence electrons. The van der Waals surface area contributed by atoms with Crippen LogP contribution in [0.2, 0.25) is 0 Å². The van der Waals surface area contributed by atoms with Crippen LogP contribution < -0.4 is 0 Å². The molecule has 2 aliphatic heterocycles. The molecule has 0 aromatic rings. The molecule has 0 radical (unpaired) electrons. The van der Waals surface area contributed by atoms with Crippen molar-refractivity contribution in [3.8, 4) is 0 Å². The molecule has 0 aromatic carbocycles. The fourth-order valence-corrected chi connectivity index (χ4v) is 2.91. The zero-order valence-electron chi connectivity index (χ0n) is 9.16. The SMILES string of the molecule is CCN1CC2CC1CN2CC(C)C. The van der Waals surface area contributed by atoms with Crippen LogP contribution in [-0.2, 0) is 0 Å². The summed E-state index contributed by atoms with van der Waals surface area (Å²) in [5, 5.41) is 0. The van der Waals surface area contributed by atoms with Gasteiger partial charge in [-0.1, -0.05) is 20.8 Å². The lowest BCUT2D eigenvalue weighted by atomic mass is 10.2. The van der Waals surface area contributed by atoms with E-state index in [1.54, 1.807) is 0 Å². The fraction of sp³-hybridized carbons (Fsp3) is 1.00. The van der Waals surface area contributed by atoms with Crippen molar-refractivity contribution in [1.29, 1.82) is 0 Å². The maximum Gasteiger partial charge on any atom is 0.0239 e. The van der Waals surface area contributed by atoms with Crippen LogP contribution in [0.4, 0.5) is 0 Å². The maximum absolute atomic E-state index is 2.70. The molecule has 2 nitrogen and oxygen atoms in total. The third-order valence-corrected chi connectivity index (χ3v) is 3.47. The molecule has 2 heterocycles. The van der Waals surface area contributed by atoms with Crippen LogP contribution in [0.5, 0.6) is 0 Å². The Balaban J connectivity index is 1.88. The Morgan fingerprint density at radius 2 is 1.77 bits per heavy atom. The Bertz CT molecular complexity index is 179. The summed E-state index contributed by atoms with van der Waals surface area (Å²) in [6.07, 6.45) is 1.43. The van der Waals surface area contributed by atoms with Gasteiger partial charge >= 0.3 is 0 Å². The summed E-state index contributed by atoms with van der Waals surface area (Å²) in [5.41, 5.74) is 0. The summed E-state index contributed by atoms with van der Waals surface area (Å²) in [6, 6.07) is 1.76. The minimum Gasteiger partial charge on any atom is -0.298 e. The number of nitrogens with zero attached hydrogens (tertiary/aromatic N) is 2. The van der Waals surface area contributed by atoms with Gasteiger partial charge in [0, 0.05) is 31.7 Å². The average molecular weight is 182 g/mol. The number of likely N-dealkylation sites (N-methyl/N-ethyl adjacent to an activating group) is 1. The lowest BCUT2D eigenvalue weighted by Gasteiger charge is -2.34. The van der Waals surface area contributed by atoms with E-state index in [1.165, 1.54) is 32.6 Å². The van der Waals surface area contributed by atoms with Crippen molar-refractivity contribution >= 4 is 0 Å². The van der Waals surface area contributed by atoms with Crippen LogP contribution in [0.15, 0.2) is 0 Å². The van der Waals surface area contributed by atoms with Crippen molar-refractivity contribution in [2.45, 2.75) is 39.3 Å². The highest BCUT2D eigenvalue weighted by atomic mass is 15.3. The highest BCUT2D eigenvalue weighted by molar-refractivity contribution is 4.99. The van der Waals surface area contributed by atoms with Gasteiger partial charge in [0.05, 0.1) is 0 Å². The Morgan fingerprint density at radius 1 is 1.15 bits per heavy atom. The molecule has 0 spiro atoms. The predicted molar refractivity (Wildman–Crippen MR) is 55.9 cm³/mol. The van der Waals surface area contributed by atoms with Gasteiger partial charge in [-0.05, 0) is 18.9 Å². The lowest BCUT2D eigenvalue weighted by Crippen LogP contribution is -2.47. The molecule has 2 heteroatoms. The quantitative estimate of drug-likeness (QED) is 0.651. The first kappa shape index (κ1) is 9.47. The molecule has 2 bridgehead atoms. The summed E-state index contributed by atoms with van der Waals surface area (Å²) < 4.78 is 0. The van der Waals surface area contributed by atoms with Gasteiger partial charge in [-0.2, -0.15) is 0 Å². The molecule has 2 unspecified atom stereocenters. The number of likely N-dealkylation sites (tertiary alicyclic amines) is 2. The van der Waals surface area contributed by atoms with E-state index in [1.807, 2.05) is 0 Å². The van der Waals surface area contributed by atoms with Crippen LogP contribution in [0.1, 0.15) is 27.2 Å². The van der Waals surface area contributed by atoms with E-state index in [-0.39, 0.29) is 0 Å². The second-order valence-corrected chi connectivity index (χ2v) is 4.98. The van der Waals surface area contributed by atoms with Gasteiger partial charge in [-0.15, -0.1) is 0 Å². The van der Waals surface area contributed by atoms with Crippen molar-refractivity contribution < 1.29 is 0 Å². The molecule has 2 rings (SSSR count). The molecular weight excluding hydrogens is 160 g/mol. The van der Waals surface area contributed by atoms with Gasteiger partial charge in [0.15, 0.2) is 0 Å². The number of rotatable bonds is 3. The summed E-state index contributed by atoms with van der Waals surface area (Å²) in [7, 11) is 0. The van der Waals surface area contributed by atoms with E-state index < -0.39 is 0 Å². The van der Waals surface area contributed by atoms with Crippen molar-refractivity contribution in [3.63, 3.8) is 0 Å². The van der Waals surface area contributed by atoms with Crippen LogP contribution in [-0.4, -0.2) is 48.1 Å². The Labute approximate surface area is 81.9 Å². The van der Waals surface area contributed by atoms with Crippen molar-refractivity contribution in [3.05, 3.63) is 0 Å². The Hall–Kier alpha value is -0.0800. The van der Waals surface area contributed by atoms with Gasteiger partial charge < -0.3 is 0 Å². The molecule has 2 fully saturated rings. The maximum atomic E-state index is 2.70. The predicted octanol–water partition coefficient (Wildman–Crippen LogP) is 1.42. The number of hydrogen-bond acceptors (Lipinski definition) is 2. The molecule has 0 amide bonds. The molecule has 0 aliphatic carbocycles. The van der Waals surface area contributed by atoms with Crippen LogP contribution in [0.3, 0.4) is 0 Å². The second kappa shape index (κ2) is 3.58. The first-order valence-corrected chi connectivity index (χ1v) is 5.68. The smallest absolute Gasteiger partial charge is 0.0239 e. The highest BCUT2D eigenvalue weighted by Crippen LogP contribution is 2.30. The molecule has 0 aromatic heterocycles. The first-order chi connectivity index (χ1) is 6.20. The van der Waals surface area contributed by atoms with Gasteiger partial charge in [-0.25, -0.2) is 0 Å². The van der Waals surface area contributed by atoms with Crippen LogP contribution in [0, 0.1) is 5.92 Å². The molecular formula is C11H22N2. The van der Waals surface area contributed by atoms with E-state index in [4.69, 9.17) is 0 Å². The minimum atomic E-state index is 0.828. The fourth-order valence-electron chi connectivity index (χ4n) is 2.91. The summed E-state index contributed by atoms with van der Waals surface area (Å²) >= 11 is 0. The number of fused-ring (bicyclic) bond motifs is 2. The molecule has 13 heavy (non-hydrogen) atoms. The second-order valence-electron chi connectivity index (χ2n) is 4.98. The third-order valence-electron chi connectivity index (χ3n) is 3.47. The zero-order valence-corrected chi connectivity index (χ0v) is 9.16. The monoisotopic (exact) mass is 182 g/mol. The third kappa shape index (κ3) is 1.75. The lowest BCUT2D eigenvalue weighted by molar-refractivity contribution is 0.122. The average Bonchev–Trinajstić information content (AvgIpc) is 2.60. The van der Waals surface area contributed by atoms with Crippen molar-refractivity contribution in [2.75, 3.05) is 26.2 Å². The van der Waals surface area contributed by atoms with Gasteiger partial charge in [0.25, 0.3) is 0 Å². The molecule has 0 N–H and O–H groups in total. The Kier molecular flexibility index (Phi) is 2.61. The van der Waals surface area contributed by atoms with E-state index >= 15 is 0 Å². The van der Waals surface area contributed by atoms with Crippen LogP contribution in [0.25, 0.3) is 0 Å². The van der Waals surface area contributed by atoms with Crippen LogP contribution >= 0.6 is 0 Å². The molecule has 2 aliphatic rings. The minimum absolute atomic E-state index is 0.828. The van der Waals surface area contributed by atoms with E-state index in [9.17, 15) is 0 Å². The van der Waals surface area contributed by atoms with E-state index in [2.05, 4.69) is 30.6 Å². The molecule has 2 atom stereocenters. The zero-order chi connectivity index (χ0) is 9.42. The van der Waals surface area contributed by atoms with Gasteiger partial charge in [0.1, 0.15) is 0 Å². The number of hydrogen-bond donors (Lipinski definition) is 0. The van der Waals surface area contributed by atoms with Gasteiger partial charge in [-0.3, -0.25) is 9.80 Å². The van der Waals surface area contributed by atoms with Gasteiger partial charge in [0.2, 0.25) is 0 Å². The molecule has 2 saturated heterocycles. The summed E-state index contributed by atoms with van der Waals surface area (Å²) in [6.45, 7) is 12.1. The standard InChI is InChI=1S/C11H22N2/c1-4-12-7-11-5-10(12)8-13(11)6-9(2)3/h9-11H,4-8H2,1-3H3. The van der Waals surface area contributed by atoms with Crippen molar-refractivity contribution in [1.82, 2.24) is 9.80 Å². The summed E-state index contributed by atoms with van der Waals surface area (Å²) in [5.74, 6) is 0.828. The normalized spacial score (nSPS) is 35.1. The topological polar surface area (TPSA) is 6.48 Å². The van der Waals surface area contributed by atoms with E-state index in [0.717, 1.165) is 18.0 Å². The number of piperazine rings is 1. The Morgan fingerprint density at radius 3 is 2.23 bits per heavy atom. The summed E-state index contributed by atoms with van der Waals surface area (Å²) in [4.78, 5) is 5.34. The highest BCUT2D eigenvalue weighted by Gasteiger charge is 2.41. The van der Waals surface area contributed by atoms with Crippen molar-refractivity contribution in [2.24, 2.45) is 5.92 Å². The molecule has 0 saturated carbocycles.